The Bertz CT molecular complexity index is 1270. The molecule has 2 heterocycles. The lowest BCUT2D eigenvalue weighted by molar-refractivity contribution is 0.0926. The fourth-order valence-electron chi connectivity index (χ4n) is 3.84. The fraction of sp³-hybridized carbons (Fsp3) is 0.250. The van der Waals surface area contributed by atoms with E-state index in [1.165, 1.54) is 0 Å². The molecule has 2 amide bonds. The average Bonchev–Trinajstić information content (AvgIpc) is 3.13. The summed E-state index contributed by atoms with van der Waals surface area (Å²) in [5.41, 5.74) is 2.82. The predicted molar refractivity (Wildman–Crippen MR) is 138 cm³/mol. The van der Waals surface area contributed by atoms with E-state index < -0.39 is 5.54 Å². The molecule has 3 aromatic carbocycles. The Kier molecular flexibility index (Phi) is 6.82. The largest absolute Gasteiger partial charge is 0.344 e. The molecule has 5 rings (SSSR count). The van der Waals surface area contributed by atoms with Crippen LogP contribution in [0.1, 0.15) is 67.8 Å². The van der Waals surface area contributed by atoms with Gasteiger partial charge in [0.25, 0.3) is 11.8 Å². The third kappa shape index (κ3) is 4.07. The Hall–Kier alpha value is -3.73. The van der Waals surface area contributed by atoms with Gasteiger partial charge in [0, 0.05) is 16.5 Å². The number of anilines is 1. The lowest BCUT2D eigenvalue weighted by atomic mass is 10.0. The maximum Gasteiger partial charge on any atom is 0.264 e. The van der Waals surface area contributed by atoms with Crippen LogP contribution in [-0.2, 0) is 0 Å². The minimum absolute atomic E-state index is 0.126. The van der Waals surface area contributed by atoms with Crippen LogP contribution in [0.25, 0.3) is 10.8 Å². The Morgan fingerprint density at radius 2 is 1.67 bits per heavy atom. The highest BCUT2D eigenvalue weighted by molar-refractivity contribution is 6.40. The van der Waals surface area contributed by atoms with E-state index >= 15 is 0 Å². The van der Waals surface area contributed by atoms with E-state index in [-0.39, 0.29) is 11.8 Å². The van der Waals surface area contributed by atoms with Gasteiger partial charge in [-0.25, -0.2) is 4.99 Å². The highest BCUT2D eigenvalue weighted by atomic mass is 16.2. The SMILES string of the molecule is C=CC(C)(C)NC(=O)c1ccc2c(c1)C1=Nc3cccc4cccc(c34)N1C2=O.CC.CC. The Labute approximate surface area is 195 Å². The smallest absolute Gasteiger partial charge is 0.264 e. The molecule has 0 saturated carbocycles. The van der Waals surface area contributed by atoms with Crippen molar-refractivity contribution in [2.24, 2.45) is 4.99 Å². The van der Waals surface area contributed by atoms with Crippen LogP contribution in [0.3, 0.4) is 0 Å². The average molecular weight is 442 g/mol. The molecule has 0 radical (unpaired) electrons. The Morgan fingerprint density at radius 3 is 2.33 bits per heavy atom. The van der Waals surface area contributed by atoms with Crippen molar-refractivity contribution in [1.82, 2.24) is 5.32 Å². The first-order valence-electron chi connectivity index (χ1n) is 11.4. The molecule has 5 heteroatoms. The minimum atomic E-state index is -0.533. The number of amides is 2. The maximum absolute atomic E-state index is 13.2. The monoisotopic (exact) mass is 441 g/mol. The molecule has 0 aromatic heterocycles. The van der Waals surface area contributed by atoms with Crippen LogP contribution in [0.4, 0.5) is 11.4 Å². The fourth-order valence-corrected chi connectivity index (χ4v) is 3.84. The first-order valence-corrected chi connectivity index (χ1v) is 11.4. The lowest BCUT2D eigenvalue weighted by Gasteiger charge is -2.24. The molecule has 1 N–H and O–H groups in total. The number of fused-ring (bicyclic) bond motifs is 4. The summed E-state index contributed by atoms with van der Waals surface area (Å²) < 4.78 is 0. The van der Waals surface area contributed by atoms with E-state index in [4.69, 9.17) is 4.99 Å². The van der Waals surface area contributed by atoms with E-state index in [2.05, 4.69) is 11.9 Å². The summed E-state index contributed by atoms with van der Waals surface area (Å²) in [4.78, 5) is 32.3. The van der Waals surface area contributed by atoms with Gasteiger partial charge in [0.05, 0.1) is 22.5 Å². The molecule has 2 aliphatic heterocycles. The molecule has 0 unspecified atom stereocenters. The molecule has 0 bridgehead atoms. The van der Waals surface area contributed by atoms with Gasteiger partial charge in [-0.15, -0.1) is 6.58 Å². The van der Waals surface area contributed by atoms with Gasteiger partial charge in [-0.3, -0.25) is 14.5 Å². The Balaban J connectivity index is 0.000000728. The van der Waals surface area contributed by atoms with Crippen LogP contribution in [0, 0.1) is 0 Å². The van der Waals surface area contributed by atoms with Crippen molar-refractivity contribution in [2.45, 2.75) is 47.1 Å². The van der Waals surface area contributed by atoms with E-state index in [9.17, 15) is 9.59 Å². The van der Waals surface area contributed by atoms with Gasteiger partial charge in [0.15, 0.2) is 0 Å². The van der Waals surface area contributed by atoms with Crippen molar-refractivity contribution in [3.05, 3.63) is 83.9 Å². The molecule has 0 saturated heterocycles. The molecule has 2 aliphatic rings. The maximum atomic E-state index is 13.2. The third-order valence-corrected chi connectivity index (χ3v) is 5.44. The highest BCUT2D eigenvalue weighted by Gasteiger charge is 2.38. The summed E-state index contributed by atoms with van der Waals surface area (Å²) in [5.74, 6) is 0.218. The summed E-state index contributed by atoms with van der Waals surface area (Å²) in [6, 6.07) is 16.9. The molecule has 33 heavy (non-hydrogen) atoms. The lowest BCUT2D eigenvalue weighted by Crippen LogP contribution is -2.41. The van der Waals surface area contributed by atoms with Crippen molar-refractivity contribution in [3.63, 3.8) is 0 Å². The number of nitrogens with one attached hydrogen (secondary N) is 1. The highest BCUT2D eigenvalue weighted by Crippen LogP contribution is 2.43. The summed E-state index contributed by atoms with van der Waals surface area (Å²) in [5, 5.41) is 4.94. The van der Waals surface area contributed by atoms with Gasteiger partial charge >= 0.3 is 0 Å². The van der Waals surface area contributed by atoms with Gasteiger partial charge in [0.2, 0.25) is 0 Å². The quantitative estimate of drug-likeness (QED) is 0.463. The Morgan fingerprint density at radius 1 is 1.00 bits per heavy atom. The van der Waals surface area contributed by atoms with Crippen molar-refractivity contribution < 1.29 is 9.59 Å². The minimum Gasteiger partial charge on any atom is -0.344 e. The summed E-state index contributed by atoms with van der Waals surface area (Å²) in [6.45, 7) is 15.5. The second kappa shape index (κ2) is 9.41. The number of hydrogen-bond acceptors (Lipinski definition) is 3. The van der Waals surface area contributed by atoms with Crippen LogP contribution >= 0.6 is 0 Å². The number of nitrogens with zero attached hydrogens (tertiary/aromatic N) is 2. The predicted octanol–water partition coefficient (Wildman–Crippen LogP) is 6.64. The number of hydrogen-bond donors (Lipinski definition) is 1. The molecular weight excluding hydrogens is 410 g/mol. The topological polar surface area (TPSA) is 61.8 Å². The first-order chi connectivity index (χ1) is 15.9. The van der Waals surface area contributed by atoms with E-state index in [0.717, 1.165) is 22.1 Å². The van der Waals surface area contributed by atoms with Gasteiger partial charge in [-0.2, -0.15) is 0 Å². The number of rotatable bonds is 3. The number of amidine groups is 1. The van der Waals surface area contributed by atoms with Crippen molar-refractivity contribution in [2.75, 3.05) is 4.90 Å². The van der Waals surface area contributed by atoms with Crippen molar-refractivity contribution in [3.8, 4) is 0 Å². The number of aliphatic imine (C=N–C) groups is 1. The zero-order valence-electron chi connectivity index (χ0n) is 20.2. The van der Waals surface area contributed by atoms with E-state index in [1.54, 1.807) is 29.2 Å². The standard InChI is InChI=1S/C24H19N3O2.2C2H6/c1-4-24(2,3)26-22(28)15-11-12-16-17(13-15)21-25-18-9-5-7-14-8-6-10-19(20(14)18)27(21)23(16)29;2*1-2/h4-13H,1H2,2-3H3,(H,26,28);2*1-2H3. The normalized spacial score (nSPS) is 13.0. The molecular formula is C28H31N3O2. The van der Waals surface area contributed by atoms with Gasteiger partial charge in [-0.05, 0) is 49.6 Å². The number of benzene rings is 3. The van der Waals surface area contributed by atoms with Gasteiger partial charge in [0.1, 0.15) is 5.84 Å². The molecule has 0 fully saturated rings. The van der Waals surface area contributed by atoms with Crippen LogP contribution in [-0.4, -0.2) is 23.2 Å². The molecule has 3 aromatic rings. The van der Waals surface area contributed by atoms with E-state index in [0.29, 0.717) is 22.5 Å². The van der Waals surface area contributed by atoms with Crippen LogP contribution in [0.5, 0.6) is 0 Å². The second-order valence-corrected chi connectivity index (χ2v) is 7.87. The molecule has 170 valence electrons. The number of carbonyl (C=O) groups is 2. The summed E-state index contributed by atoms with van der Waals surface area (Å²) in [7, 11) is 0. The summed E-state index contributed by atoms with van der Waals surface area (Å²) in [6.07, 6.45) is 1.69. The van der Waals surface area contributed by atoms with Crippen molar-refractivity contribution in [1.29, 1.82) is 0 Å². The zero-order valence-corrected chi connectivity index (χ0v) is 20.2. The van der Waals surface area contributed by atoms with Crippen LogP contribution in [0.2, 0.25) is 0 Å². The molecule has 0 atom stereocenters. The van der Waals surface area contributed by atoms with Gasteiger partial charge in [-0.1, -0.05) is 58.0 Å². The van der Waals surface area contributed by atoms with Crippen LogP contribution < -0.4 is 10.2 Å². The molecule has 5 nitrogen and oxygen atoms in total. The molecule has 0 spiro atoms. The van der Waals surface area contributed by atoms with Gasteiger partial charge < -0.3 is 5.32 Å². The van der Waals surface area contributed by atoms with E-state index in [1.807, 2.05) is 77.9 Å². The molecule has 0 aliphatic carbocycles. The van der Waals surface area contributed by atoms with Crippen LogP contribution in [0.15, 0.2) is 72.2 Å². The first kappa shape index (κ1) is 23.9. The number of carbonyl (C=O) groups excluding carboxylic acids is 2. The zero-order chi connectivity index (χ0) is 24.3. The summed E-state index contributed by atoms with van der Waals surface area (Å²) >= 11 is 0. The third-order valence-electron chi connectivity index (χ3n) is 5.44. The van der Waals surface area contributed by atoms with Crippen molar-refractivity contribution >= 4 is 39.8 Å². The second-order valence-electron chi connectivity index (χ2n) is 7.87.